The first-order valence-electron chi connectivity index (χ1n) is 6.67. The molecule has 0 fully saturated rings. The van der Waals surface area contributed by atoms with E-state index in [1.54, 1.807) is 12.1 Å². The molecule has 0 heterocycles. The molecule has 0 aliphatic carbocycles. The molecule has 0 aliphatic heterocycles. The highest BCUT2D eigenvalue weighted by molar-refractivity contribution is 6.20. The van der Waals surface area contributed by atoms with Crippen LogP contribution in [0.5, 0.6) is 17.2 Å². The van der Waals surface area contributed by atoms with Crippen molar-refractivity contribution >= 4 is 17.5 Å². The molecule has 0 saturated heterocycles. The molecule has 6 heteroatoms. The lowest BCUT2D eigenvalue weighted by Gasteiger charge is -2.17. The van der Waals surface area contributed by atoms with Gasteiger partial charge >= 0.3 is 0 Å². The van der Waals surface area contributed by atoms with Gasteiger partial charge in [0.05, 0.1) is 21.3 Å². The van der Waals surface area contributed by atoms with E-state index in [2.05, 4.69) is 5.32 Å². The maximum absolute atomic E-state index is 12.3. The Balaban J connectivity index is 2.99. The van der Waals surface area contributed by atoms with Crippen molar-refractivity contribution in [3.05, 3.63) is 17.7 Å². The van der Waals surface area contributed by atoms with Crippen molar-refractivity contribution in [1.29, 1.82) is 0 Å². The highest BCUT2D eigenvalue weighted by Gasteiger charge is 2.18. The Morgan fingerprint density at radius 2 is 1.67 bits per heavy atom. The molecule has 118 valence electrons. The summed E-state index contributed by atoms with van der Waals surface area (Å²) in [6, 6.07) is 3.21. The second kappa shape index (κ2) is 7.98. The maximum Gasteiger partial charge on any atom is 0.251 e. The van der Waals surface area contributed by atoms with Gasteiger partial charge in [0.15, 0.2) is 11.5 Å². The van der Waals surface area contributed by atoms with Gasteiger partial charge in [-0.05, 0) is 32.4 Å². The summed E-state index contributed by atoms with van der Waals surface area (Å²) in [6.45, 7) is 3.80. The Morgan fingerprint density at radius 3 is 2.05 bits per heavy atom. The fourth-order valence-corrected chi connectivity index (χ4v) is 2.33. The second-order valence-electron chi connectivity index (χ2n) is 4.80. The number of alkyl halides is 1. The fraction of sp³-hybridized carbons (Fsp3) is 0.533. The van der Waals surface area contributed by atoms with E-state index in [1.165, 1.54) is 21.3 Å². The van der Waals surface area contributed by atoms with Gasteiger partial charge in [-0.3, -0.25) is 4.79 Å². The molecule has 2 unspecified atom stereocenters. The molecule has 0 saturated carbocycles. The van der Waals surface area contributed by atoms with Crippen molar-refractivity contribution in [2.24, 2.45) is 0 Å². The first kappa shape index (κ1) is 17.4. The number of carbonyl (C=O) groups excluding carboxylic acids is 1. The van der Waals surface area contributed by atoms with Gasteiger partial charge < -0.3 is 19.5 Å². The number of halogens is 1. The average Bonchev–Trinajstić information content (AvgIpc) is 2.44. The summed E-state index contributed by atoms with van der Waals surface area (Å²) in [5, 5.41) is 2.89. The molecular formula is C15H22ClNO4. The standard InChI is InChI=1S/C15H22ClNO4/c1-9(16)6-10(2)17-15(18)11-7-12(19-3)14(21-5)13(8-11)20-4/h7-10H,6H2,1-5H3,(H,17,18). The van der Waals surface area contributed by atoms with Crippen molar-refractivity contribution in [3.8, 4) is 17.2 Å². The SMILES string of the molecule is COc1cc(C(=O)NC(C)CC(C)Cl)cc(OC)c1OC. The summed E-state index contributed by atoms with van der Waals surface area (Å²) >= 11 is 5.93. The highest BCUT2D eigenvalue weighted by atomic mass is 35.5. The third kappa shape index (κ3) is 4.70. The van der Waals surface area contributed by atoms with Crippen LogP contribution in [0.3, 0.4) is 0 Å². The molecule has 0 spiro atoms. The number of rotatable bonds is 7. The largest absolute Gasteiger partial charge is 0.493 e. The predicted octanol–water partition coefficient (Wildman–Crippen LogP) is 2.85. The van der Waals surface area contributed by atoms with E-state index < -0.39 is 0 Å². The van der Waals surface area contributed by atoms with Crippen molar-refractivity contribution in [1.82, 2.24) is 5.32 Å². The number of hydrogen-bond donors (Lipinski definition) is 1. The zero-order valence-electron chi connectivity index (χ0n) is 13.0. The number of carbonyl (C=O) groups is 1. The Bertz CT molecular complexity index is 466. The Morgan fingerprint density at radius 1 is 1.14 bits per heavy atom. The van der Waals surface area contributed by atoms with Crippen LogP contribution in [0, 0.1) is 0 Å². The molecular weight excluding hydrogens is 294 g/mol. The quantitative estimate of drug-likeness (QED) is 0.786. The average molecular weight is 316 g/mol. The summed E-state index contributed by atoms with van der Waals surface area (Å²) in [4.78, 5) is 12.3. The van der Waals surface area contributed by atoms with E-state index in [9.17, 15) is 4.79 Å². The van der Waals surface area contributed by atoms with Crippen LogP contribution in [-0.4, -0.2) is 38.7 Å². The lowest BCUT2D eigenvalue weighted by atomic mass is 10.1. The molecule has 1 N–H and O–H groups in total. The lowest BCUT2D eigenvalue weighted by molar-refractivity contribution is 0.0937. The summed E-state index contributed by atoms with van der Waals surface area (Å²) < 4.78 is 15.7. The summed E-state index contributed by atoms with van der Waals surface area (Å²) in [5.74, 6) is 1.14. The van der Waals surface area contributed by atoms with Crippen molar-refractivity contribution in [2.75, 3.05) is 21.3 Å². The number of methoxy groups -OCH3 is 3. The summed E-state index contributed by atoms with van der Waals surface area (Å²) in [5.41, 5.74) is 0.443. The smallest absolute Gasteiger partial charge is 0.251 e. The molecule has 0 radical (unpaired) electrons. The molecule has 0 aromatic heterocycles. The number of benzene rings is 1. The third-order valence-corrected chi connectivity index (χ3v) is 3.16. The van der Waals surface area contributed by atoms with Gasteiger partial charge in [0, 0.05) is 17.0 Å². The predicted molar refractivity (Wildman–Crippen MR) is 83.0 cm³/mol. The lowest BCUT2D eigenvalue weighted by Crippen LogP contribution is -2.33. The molecule has 1 aromatic rings. The van der Waals surface area contributed by atoms with E-state index in [0.29, 0.717) is 29.2 Å². The van der Waals surface area contributed by atoms with Crippen LogP contribution in [0.1, 0.15) is 30.6 Å². The van der Waals surface area contributed by atoms with Gasteiger partial charge in [-0.2, -0.15) is 0 Å². The van der Waals surface area contributed by atoms with Gasteiger partial charge in [-0.15, -0.1) is 11.6 Å². The summed E-state index contributed by atoms with van der Waals surface area (Å²) in [7, 11) is 4.54. The van der Waals surface area contributed by atoms with Crippen LogP contribution in [0.4, 0.5) is 0 Å². The topological polar surface area (TPSA) is 56.8 Å². The number of nitrogens with one attached hydrogen (secondary N) is 1. The molecule has 0 aliphatic rings. The summed E-state index contributed by atoms with van der Waals surface area (Å²) in [6.07, 6.45) is 0.692. The van der Waals surface area contributed by atoms with Crippen LogP contribution in [-0.2, 0) is 0 Å². The van der Waals surface area contributed by atoms with Crippen LogP contribution in [0.15, 0.2) is 12.1 Å². The molecule has 1 amide bonds. The van der Waals surface area contributed by atoms with Gasteiger partial charge in [0.25, 0.3) is 5.91 Å². The Kier molecular flexibility index (Phi) is 6.62. The van der Waals surface area contributed by atoms with Crippen LogP contribution in [0.2, 0.25) is 0 Å². The van der Waals surface area contributed by atoms with Crippen LogP contribution >= 0.6 is 11.6 Å². The van der Waals surface area contributed by atoms with Gasteiger partial charge in [-0.1, -0.05) is 0 Å². The van der Waals surface area contributed by atoms with Crippen LogP contribution < -0.4 is 19.5 Å². The minimum atomic E-state index is -0.209. The maximum atomic E-state index is 12.3. The third-order valence-electron chi connectivity index (χ3n) is 2.98. The Hall–Kier alpha value is -1.62. The number of hydrogen-bond acceptors (Lipinski definition) is 4. The van der Waals surface area contributed by atoms with Gasteiger partial charge in [-0.25, -0.2) is 0 Å². The molecule has 21 heavy (non-hydrogen) atoms. The van der Waals surface area contributed by atoms with E-state index in [0.717, 1.165) is 0 Å². The molecule has 5 nitrogen and oxygen atoms in total. The second-order valence-corrected chi connectivity index (χ2v) is 5.55. The molecule has 0 bridgehead atoms. The van der Waals surface area contributed by atoms with E-state index >= 15 is 0 Å². The zero-order valence-corrected chi connectivity index (χ0v) is 13.8. The fourth-order valence-electron chi connectivity index (χ4n) is 2.07. The van der Waals surface area contributed by atoms with E-state index in [4.69, 9.17) is 25.8 Å². The number of amides is 1. The van der Waals surface area contributed by atoms with Gasteiger partial charge in [0.2, 0.25) is 5.75 Å². The van der Waals surface area contributed by atoms with Crippen molar-refractivity contribution in [2.45, 2.75) is 31.7 Å². The van der Waals surface area contributed by atoms with E-state index in [1.807, 2.05) is 13.8 Å². The van der Waals surface area contributed by atoms with Crippen molar-refractivity contribution < 1.29 is 19.0 Å². The minimum Gasteiger partial charge on any atom is -0.493 e. The van der Waals surface area contributed by atoms with Gasteiger partial charge in [0.1, 0.15) is 0 Å². The number of ether oxygens (including phenoxy) is 3. The molecule has 2 atom stereocenters. The zero-order chi connectivity index (χ0) is 16.0. The van der Waals surface area contributed by atoms with Crippen LogP contribution in [0.25, 0.3) is 0 Å². The minimum absolute atomic E-state index is 0.000222. The first-order chi connectivity index (χ1) is 9.92. The Labute approximate surface area is 130 Å². The highest BCUT2D eigenvalue weighted by Crippen LogP contribution is 2.38. The molecule has 1 rings (SSSR count). The van der Waals surface area contributed by atoms with E-state index in [-0.39, 0.29) is 17.3 Å². The monoisotopic (exact) mass is 315 g/mol. The first-order valence-corrected chi connectivity index (χ1v) is 7.11. The van der Waals surface area contributed by atoms with Crippen molar-refractivity contribution in [3.63, 3.8) is 0 Å². The molecule has 1 aromatic carbocycles. The normalized spacial score (nSPS) is 13.2.